The molecule has 1 aromatic carbocycles. The zero-order chi connectivity index (χ0) is 19.1. The second-order valence-electron chi connectivity index (χ2n) is 5.05. The number of carbonyl (C=O) groups excluding carboxylic acids is 2. The maximum Gasteiger partial charge on any atom is 0.416 e. The largest absolute Gasteiger partial charge is 0.449 e. The van der Waals surface area contributed by atoms with E-state index >= 15 is 0 Å². The molecule has 5 nitrogen and oxygen atoms in total. The summed E-state index contributed by atoms with van der Waals surface area (Å²) >= 11 is 11.2. The van der Waals surface area contributed by atoms with Crippen molar-refractivity contribution >= 4 is 35.1 Å². The van der Waals surface area contributed by atoms with Crippen LogP contribution in [0.4, 0.5) is 13.2 Å². The quantitative estimate of drug-likeness (QED) is 0.691. The normalized spacial score (nSPS) is 17.4. The number of cyclic esters (lactones) is 1. The maximum absolute atomic E-state index is 12.8. The van der Waals surface area contributed by atoms with E-state index in [2.05, 4.69) is 4.74 Å². The van der Waals surface area contributed by atoms with Crippen LogP contribution in [0.15, 0.2) is 50.9 Å². The van der Waals surface area contributed by atoms with Crippen LogP contribution in [0.2, 0.25) is 0 Å². The molecule has 0 amide bonds. The summed E-state index contributed by atoms with van der Waals surface area (Å²) in [6.07, 6.45) is -6.02. The van der Waals surface area contributed by atoms with Crippen LogP contribution in [0.25, 0.3) is 11.3 Å². The van der Waals surface area contributed by atoms with Crippen molar-refractivity contribution in [1.29, 1.82) is 0 Å². The van der Waals surface area contributed by atoms with Crippen LogP contribution in [-0.2, 0) is 20.4 Å². The van der Waals surface area contributed by atoms with Gasteiger partial charge in [-0.05, 0) is 24.3 Å². The molecule has 10 heteroatoms. The lowest BCUT2D eigenvalue weighted by molar-refractivity contribution is -0.151. The lowest BCUT2D eigenvalue weighted by Gasteiger charge is -2.10. The first-order chi connectivity index (χ1) is 12.2. The molecule has 0 fully saturated rings. The predicted octanol–water partition coefficient (Wildman–Crippen LogP) is 4.69. The number of hydrogen-bond acceptors (Lipinski definition) is 5. The zero-order valence-electron chi connectivity index (χ0n) is 12.5. The molecule has 2 heterocycles. The lowest BCUT2D eigenvalue weighted by Crippen LogP contribution is -2.19. The average Bonchev–Trinajstić information content (AvgIpc) is 3.17. The molecule has 3 rings (SSSR count). The van der Waals surface area contributed by atoms with Gasteiger partial charge in [-0.1, -0.05) is 35.3 Å². The number of rotatable bonds is 3. The van der Waals surface area contributed by atoms with Crippen molar-refractivity contribution in [3.05, 3.63) is 57.8 Å². The molecule has 1 unspecified atom stereocenters. The van der Waals surface area contributed by atoms with E-state index in [9.17, 15) is 22.8 Å². The Morgan fingerprint density at radius 3 is 2.50 bits per heavy atom. The van der Waals surface area contributed by atoms with E-state index in [1.165, 1.54) is 24.3 Å². The summed E-state index contributed by atoms with van der Waals surface area (Å²) in [6.45, 7) is 0. The maximum atomic E-state index is 12.8. The van der Waals surface area contributed by atoms with Gasteiger partial charge in [0.25, 0.3) is 6.29 Å². The van der Waals surface area contributed by atoms with Crippen molar-refractivity contribution in [2.24, 2.45) is 0 Å². The fraction of sp³-hybridized carbons (Fsp3) is 0.125. The number of furan rings is 1. The lowest BCUT2D eigenvalue weighted by atomic mass is 10.1. The van der Waals surface area contributed by atoms with Crippen molar-refractivity contribution in [3.8, 4) is 11.3 Å². The number of esters is 2. The number of ether oxygens (including phenoxy) is 2. The Balaban J connectivity index is 1.78. The van der Waals surface area contributed by atoms with E-state index in [0.29, 0.717) is 0 Å². The van der Waals surface area contributed by atoms with E-state index in [1.807, 2.05) is 0 Å². The van der Waals surface area contributed by atoms with Crippen molar-refractivity contribution < 1.29 is 36.7 Å². The molecular weight excluding hydrogens is 400 g/mol. The van der Waals surface area contributed by atoms with Gasteiger partial charge in [-0.3, -0.25) is 0 Å². The molecule has 0 N–H and O–H groups in total. The molecule has 26 heavy (non-hydrogen) atoms. The number of alkyl halides is 3. The summed E-state index contributed by atoms with van der Waals surface area (Å²) < 4.78 is 53.0. The van der Waals surface area contributed by atoms with Crippen LogP contribution >= 0.6 is 23.2 Å². The summed E-state index contributed by atoms with van der Waals surface area (Å²) in [4.78, 5) is 23.2. The molecule has 0 spiro atoms. The van der Waals surface area contributed by atoms with E-state index in [4.69, 9.17) is 32.4 Å². The third-order valence-corrected chi connectivity index (χ3v) is 4.13. The van der Waals surface area contributed by atoms with E-state index in [-0.39, 0.29) is 22.1 Å². The van der Waals surface area contributed by atoms with Crippen LogP contribution in [0.5, 0.6) is 0 Å². The average molecular weight is 407 g/mol. The number of halogens is 5. The number of benzene rings is 1. The van der Waals surface area contributed by atoms with Gasteiger partial charge < -0.3 is 13.9 Å². The zero-order valence-corrected chi connectivity index (χ0v) is 14.0. The van der Waals surface area contributed by atoms with E-state index in [0.717, 1.165) is 12.1 Å². The van der Waals surface area contributed by atoms with Crippen molar-refractivity contribution in [1.82, 2.24) is 0 Å². The first-order valence-corrected chi connectivity index (χ1v) is 7.67. The Hall–Kier alpha value is -2.45. The fourth-order valence-corrected chi connectivity index (χ4v) is 2.38. The topological polar surface area (TPSA) is 65.7 Å². The number of carbonyl (C=O) groups is 2. The summed E-state index contributed by atoms with van der Waals surface area (Å²) in [7, 11) is 0. The van der Waals surface area contributed by atoms with Crippen molar-refractivity contribution in [2.75, 3.05) is 0 Å². The van der Waals surface area contributed by atoms with Gasteiger partial charge in [0.1, 0.15) is 15.8 Å². The minimum atomic E-state index is -4.51. The Morgan fingerprint density at radius 1 is 1.15 bits per heavy atom. The minimum Gasteiger partial charge on any atom is -0.449 e. The fourth-order valence-electron chi connectivity index (χ4n) is 2.08. The van der Waals surface area contributed by atoms with Gasteiger partial charge in [-0.2, -0.15) is 13.2 Å². The molecule has 1 aromatic heterocycles. The van der Waals surface area contributed by atoms with Gasteiger partial charge in [0.15, 0.2) is 0 Å². The molecular formula is C16H7Cl2F3O5. The molecule has 0 saturated carbocycles. The highest BCUT2D eigenvalue weighted by Gasteiger charge is 2.36. The highest BCUT2D eigenvalue weighted by Crippen LogP contribution is 2.33. The Kier molecular flexibility index (Phi) is 4.72. The van der Waals surface area contributed by atoms with Crippen molar-refractivity contribution in [3.63, 3.8) is 0 Å². The molecule has 1 aliphatic rings. The van der Waals surface area contributed by atoms with E-state index in [1.54, 1.807) is 0 Å². The molecule has 0 radical (unpaired) electrons. The van der Waals surface area contributed by atoms with Crippen LogP contribution < -0.4 is 0 Å². The van der Waals surface area contributed by atoms with E-state index < -0.39 is 35.0 Å². The molecule has 136 valence electrons. The first kappa shape index (κ1) is 18.3. The molecule has 0 aliphatic carbocycles. The van der Waals surface area contributed by atoms with Crippen molar-refractivity contribution in [2.45, 2.75) is 12.5 Å². The molecule has 1 atom stereocenters. The molecule has 0 bridgehead atoms. The van der Waals surface area contributed by atoms with Crippen LogP contribution in [0, 0.1) is 0 Å². The Labute approximate surface area is 153 Å². The summed E-state index contributed by atoms with van der Waals surface area (Å²) in [6, 6.07) is 6.90. The first-order valence-electron chi connectivity index (χ1n) is 6.91. The summed E-state index contributed by atoms with van der Waals surface area (Å²) in [5.74, 6) is -2.28. The third-order valence-electron chi connectivity index (χ3n) is 3.31. The standard InChI is InChI=1S/C16H7Cl2F3O5/c17-11-12(18)15(26-14(11)23)25-13(22)10-5-4-9(24-10)7-2-1-3-8(6-7)16(19,20)21/h1-6,15H. The summed E-state index contributed by atoms with van der Waals surface area (Å²) in [5, 5.41) is -0.705. The second-order valence-corrected chi connectivity index (χ2v) is 5.83. The van der Waals surface area contributed by atoms with Gasteiger partial charge in [-0.15, -0.1) is 0 Å². The highest BCUT2D eigenvalue weighted by atomic mass is 35.5. The second kappa shape index (κ2) is 6.69. The van der Waals surface area contributed by atoms with Gasteiger partial charge >= 0.3 is 18.1 Å². The third kappa shape index (κ3) is 3.56. The molecule has 2 aromatic rings. The van der Waals surface area contributed by atoms with Gasteiger partial charge in [-0.25, -0.2) is 9.59 Å². The van der Waals surface area contributed by atoms with Gasteiger partial charge in [0.05, 0.1) is 5.56 Å². The smallest absolute Gasteiger partial charge is 0.416 e. The van der Waals surface area contributed by atoms with Crippen LogP contribution in [-0.4, -0.2) is 18.2 Å². The van der Waals surface area contributed by atoms with Gasteiger partial charge in [0.2, 0.25) is 5.76 Å². The predicted molar refractivity (Wildman–Crippen MR) is 83.2 cm³/mol. The molecule has 0 saturated heterocycles. The SMILES string of the molecule is O=C1OC(OC(=O)c2ccc(-c3cccc(C(F)(F)F)c3)o2)C(Cl)=C1Cl. The molecule has 1 aliphatic heterocycles. The Bertz CT molecular complexity index is 917. The van der Waals surface area contributed by atoms with Crippen LogP contribution in [0.1, 0.15) is 16.1 Å². The highest BCUT2D eigenvalue weighted by molar-refractivity contribution is 6.48. The van der Waals surface area contributed by atoms with Gasteiger partial charge in [0, 0.05) is 5.56 Å². The van der Waals surface area contributed by atoms with Crippen LogP contribution in [0.3, 0.4) is 0 Å². The monoisotopic (exact) mass is 406 g/mol. The Morgan fingerprint density at radius 2 is 1.88 bits per heavy atom. The minimum absolute atomic E-state index is 0.0196. The summed E-state index contributed by atoms with van der Waals surface area (Å²) in [5.41, 5.74) is -0.743. The number of hydrogen-bond donors (Lipinski definition) is 0.